The van der Waals surface area contributed by atoms with Crippen LogP contribution in [0.3, 0.4) is 0 Å². The van der Waals surface area contributed by atoms with Crippen molar-refractivity contribution in [2.24, 2.45) is 5.92 Å². The summed E-state index contributed by atoms with van der Waals surface area (Å²) >= 11 is 0. The minimum atomic E-state index is -3.95. The van der Waals surface area contributed by atoms with E-state index in [2.05, 4.69) is 5.32 Å². The van der Waals surface area contributed by atoms with Crippen molar-refractivity contribution in [3.05, 3.63) is 83.9 Å². The predicted octanol–water partition coefficient (Wildman–Crippen LogP) is 3.08. The van der Waals surface area contributed by atoms with Crippen LogP contribution in [0.25, 0.3) is 0 Å². The fourth-order valence-corrected chi connectivity index (χ4v) is 5.81. The molecule has 0 unspecified atom stereocenters. The summed E-state index contributed by atoms with van der Waals surface area (Å²) < 4.78 is 33.5. The summed E-state index contributed by atoms with van der Waals surface area (Å²) in [6.07, 6.45) is -1.06. The Bertz CT molecular complexity index is 1330. The monoisotopic (exact) mass is 556 g/mol. The van der Waals surface area contributed by atoms with Gasteiger partial charge in [-0.15, -0.1) is 0 Å². The molecule has 0 aromatic heterocycles. The third kappa shape index (κ3) is 8.44. The molecule has 0 bridgehead atoms. The van der Waals surface area contributed by atoms with Crippen LogP contribution < -0.4 is 10.1 Å². The number of rotatable bonds is 13. The summed E-state index contributed by atoms with van der Waals surface area (Å²) in [5.41, 5.74) is 1.33. The smallest absolute Gasteiger partial charge is 0.243 e. The number of hydrogen-bond acceptors (Lipinski definition) is 7. The summed E-state index contributed by atoms with van der Waals surface area (Å²) in [5, 5.41) is 33.5. The Morgan fingerprint density at radius 1 is 0.923 bits per heavy atom. The number of hydrogen-bond donors (Lipinski definition) is 4. The lowest BCUT2D eigenvalue weighted by atomic mass is 10.00. The summed E-state index contributed by atoms with van der Waals surface area (Å²) in [6.45, 7) is 3.72. The Balaban J connectivity index is 1.84. The molecule has 210 valence electrons. The number of ether oxygens (including phenoxy) is 1. The number of aromatic hydroxyl groups is 2. The van der Waals surface area contributed by atoms with Gasteiger partial charge in [-0.25, -0.2) is 8.42 Å². The van der Waals surface area contributed by atoms with Crippen LogP contribution in [0.2, 0.25) is 0 Å². The van der Waals surface area contributed by atoms with E-state index in [-0.39, 0.29) is 48.2 Å². The van der Waals surface area contributed by atoms with Gasteiger partial charge in [-0.3, -0.25) is 4.79 Å². The number of sulfonamides is 1. The van der Waals surface area contributed by atoms with Crippen LogP contribution in [-0.2, 0) is 27.7 Å². The van der Waals surface area contributed by atoms with Crippen LogP contribution in [0.1, 0.15) is 25.0 Å². The second-order valence-electron chi connectivity index (χ2n) is 9.82. The van der Waals surface area contributed by atoms with Crippen molar-refractivity contribution in [3.8, 4) is 17.2 Å². The van der Waals surface area contributed by atoms with Gasteiger partial charge in [-0.1, -0.05) is 50.2 Å². The molecule has 0 fully saturated rings. The zero-order valence-electron chi connectivity index (χ0n) is 22.3. The molecule has 10 heteroatoms. The second kappa shape index (κ2) is 13.5. The second-order valence-corrected chi connectivity index (χ2v) is 11.8. The summed E-state index contributed by atoms with van der Waals surface area (Å²) in [5.74, 6) is -0.547. The maximum absolute atomic E-state index is 13.5. The van der Waals surface area contributed by atoms with Crippen LogP contribution in [0, 0.1) is 5.92 Å². The lowest BCUT2D eigenvalue weighted by molar-refractivity contribution is -0.122. The number of nitrogens with one attached hydrogen (secondary N) is 1. The van der Waals surface area contributed by atoms with E-state index in [1.165, 1.54) is 41.7 Å². The Morgan fingerprint density at radius 2 is 1.59 bits per heavy atom. The third-order valence-electron chi connectivity index (χ3n) is 6.17. The fraction of sp³-hybridized carbons (Fsp3) is 0.345. The molecule has 3 aromatic rings. The first-order chi connectivity index (χ1) is 18.5. The fourth-order valence-electron chi connectivity index (χ4n) is 4.18. The summed E-state index contributed by atoms with van der Waals surface area (Å²) in [6, 6.07) is 18.6. The number of benzene rings is 3. The normalized spacial score (nSPS) is 13.3. The molecule has 4 N–H and O–H groups in total. The first-order valence-electron chi connectivity index (χ1n) is 12.7. The quantitative estimate of drug-likeness (QED) is 0.238. The molecule has 9 nitrogen and oxygen atoms in total. The number of amides is 1. The van der Waals surface area contributed by atoms with Gasteiger partial charge in [0.15, 0.2) is 11.5 Å². The lowest BCUT2D eigenvalue weighted by Gasteiger charge is -2.31. The first-order valence-corrected chi connectivity index (χ1v) is 14.1. The van der Waals surface area contributed by atoms with Crippen LogP contribution in [0.15, 0.2) is 77.7 Å². The molecule has 0 radical (unpaired) electrons. The van der Waals surface area contributed by atoms with Gasteiger partial charge in [0.05, 0.1) is 30.6 Å². The zero-order valence-corrected chi connectivity index (χ0v) is 23.1. The number of nitrogens with zero attached hydrogens (tertiary/aromatic N) is 1. The molecular weight excluding hydrogens is 520 g/mol. The van der Waals surface area contributed by atoms with Gasteiger partial charge in [-0.2, -0.15) is 4.31 Å². The molecule has 2 atom stereocenters. The van der Waals surface area contributed by atoms with E-state index in [4.69, 9.17) is 4.74 Å². The molecule has 0 saturated carbocycles. The molecule has 0 aliphatic heterocycles. The van der Waals surface area contributed by atoms with Gasteiger partial charge in [-0.05, 0) is 59.9 Å². The Hall–Kier alpha value is -3.60. The van der Waals surface area contributed by atoms with Crippen molar-refractivity contribution in [1.29, 1.82) is 0 Å². The van der Waals surface area contributed by atoms with Gasteiger partial charge < -0.3 is 25.4 Å². The Morgan fingerprint density at radius 3 is 2.18 bits per heavy atom. The van der Waals surface area contributed by atoms with Crippen molar-refractivity contribution in [2.45, 2.75) is 43.7 Å². The third-order valence-corrected chi connectivity index (χ3v) is 8.02. The minimum Gasteiger partial charge on any atom is -0.504 e. The molecule has 1 amide bonds. The largest absolute Gasteiger partial charge is 0.504 e. The van der Waals surface area contributed by atoms with Gasteiger partial charge in [0.2, 0.25) is 15.9 Å². The van der Waals surface area contributed by atoms with Gasteiger partial charge in [0.25, 0.3) is 0 Å². The van der Waals surface area contributed by atoms with E-state index >= 15 is 0 Å². The van der Waals surface area contributed by atoms with Crippen LogP contribution in [0.5, 0.6) is 17.2 Å². The van der Waals surface area contributed by atoms with E-state index in [1.54, 1.807) is 12.1 Å². The molecule has 0 aliphatic carbocycles. The van der Waals surface area contributed by atoms with Crippen LogP contribution >= 0.6 is 0 Å². The summed E-state index contributed by atoms with van der Waals surface area (Å²) in [4.78, 5) is 13.0. The molecule has 39 heavy (non-hydrogen) atoms. The average Bonchev–Trinajstić information content (AvgIpc) is 2.90. The van der Waals surface area contributed by atoms with E-state index in [0.717, 1.165) is 5.56 Å². The highest BCUT2D eigenvalue weighted by Crippen LogP contribution is 2.25. The van der Waals surface area contributed by atoms with Crippen molar-refractivity contribution < 1.29 is 33.3 Å². The molecule has 3 aromatic carbocycles. The van der Waals surface area contributed by atoms with Gasteiger partial charge >= 0.3 is 0 Å². The van der Waals surface area contributed by atoms with E-state index in [0.29, 0.717) is 11.3 Å². The minimum absolute atomic E-state index is 0.0189. The first kappa shape index (κ1) is 29.9. The topological polar surface area (TPSA) is 136 Å². The summed E-state index contributed by atoms with van der Waals surface area (Å²) in [7, 11) is -2.46. The number of phenols is 2. The average molecular weight is 557 g/mol. The van der Waals surface area contributed by atoms with E-state index in [9.17, 15) is 28.5 Å². The highest BCUT2D eigenvalue weighted by molar-refractivity contribution is 7.89. The number of methoxy groups -OCH3 is 1. The van der Waals surface area contributed by atoms with Crippen LogP contribution in [0.4, 0.5) is 0 Å². The van der Waals surface area contributed by atoms with Crippen molar-refractivity contribution in [3.63, 3.8) is 0 Å². The highest BCUT2D eigenvalue weighted by atomic mass is 32.2. The van der Waals surface area contributed by atoms with Crippen molar-refractivity contribution in [2.75, 3.05) is 20.2 Å². The molecular formula is C29H36N2O7S. The maximum atomic E-state index is 13.5. The van der Waals surface area contributed by atoms with Crippen molar-refractivity contribution >= 4 is 15.9 Å². The van der Waals surface area contributed by atoms with Crippen molar-refractivity contribution in [1.82, 2.24) is 9.62 Å². The molecule has 0 spiro atoms. The molecule has 0 aliphatic rings. The van der Waals surface area contributed by atoms with E-state index in [1.807, 2.05) is 44.2 Å². The standard InChI is InChI=1S/C29H36N2O7S/c1-20(2)18-31(39(36,37)24-12-10-23(38-3)11-13-24)19-28(34)25(15-21-7-5-4-6-8-21)30-29(35)17-22-9-14-26(32)27(33)16-22/h4-14,16,20,25,28,32-34H,15,17-19H2,1-3H3,(H,30,35)/t25-,28+/m0/s1. The number of aliphatic hydroxyl groups excluding tert-OH is 1. The molecule has 3 rings (SSSR count). The maximum Gasteiger partial charge on any atom is 0.243 e. The Kier molecular flexibility index (Phi) is 10.3. The predicted molar refractivity (Wildman–Crippen MR) is 148 cm³/mol. The number of carbonyl (C=O) groups excluding carboxylic acids is 1. The molecule has 0 heterocycles. The SMILES string of the molecule is COc1ccc(S(=O)(=O)N(CC(C)C)C[C@@H](O)[C@H](Cc2ccccc2)NC(=O)Cc2ccc(O)c(O)c2)cc1. The van der Waals surface area contributed by atoms with Crippen LogP contribution in [-0.4, -0.2) is 66.3 Å². The number of carbonyl (C=O) groups is 1. The lowest BCUT2D eigenvalue weighted by Crippen LogP contribution is -2.51. The van der Waals surface area contributed by atoms with E-state index < -0.39 is 28.1 Å². The zero-order chi connectivity index (χ0) is 28.6. The number of aliphatic hydroxyl groups is 1. The molecule has 0 saturated heterocycles. The highest BCUT2D eigenvalue weighted by Gasteiger charge is 2.31. The van der Waals surface area contributed by atoms with Gasteiger partial charge in [0.1, 0.15) is 5.75 Å². The number of phenolic OH excluding ortho intramolecular Hbond substituents is 2. The van der Waals surface area contributed by atoms with Gasteiger partial charge in [0, 0.05) is 13.1 Å². The Labute approximate surface area is 229 Å².